The Morgan fingerprint density at radius 2 is 2.00 bits per heavy atom. The highest BCUT2D eigenvalue weighted by molar-refractivity contribution is 7.80. The molecule has 0 rings (SSSR count). The molecule has 0 fully saturated rings. The van der Waals surface area contributed by atoms with Crippen molar-refractivity contribution >= 4 is 24.5 Å². The first kappa shape index (κ1) is 15.2. The van der Waals surface area contributed by atoms with Crippen molar-refractivity contribution in [1.82, 2.24) is 5.32 Å². The zero-order valence-corrected chi connectivity index (χ0v) is 10.6. The fourth-order valence-electron chi connectivity index (χ4n) is 0.973. The highest BCUT2D eigenvalue weighted by atomic mass is 32.1. The molecular weight excluding hydrogens is 230 g/mol. The van der Waals surface area contributed by atoms with Gasteiger partial charge in [-0.15, -0.1) is 0 Å². The molecule has 0 bridgehead atoms. The Bertz CT molecular complexity index is 223. The number of thiol groups is 1. The lowest BCUT2D eigenvalue weighted by Gasteiger charge is -2.14. The van der Waals surface area contributed by atoms with Gasteiger partial charge in [-0.3, -0.25) is 4.79 Å². The second-order valence-corrected chi connectivity index (χ2v) is 3.58. The van der Waals surface area contributed by atoms with Crippen molar-refractivity contribution in [2.45, 2.75) is 26.3 Å². The van der Waals surface area contributed by atoms with Crippen LogP contribution in [0.25, 0.3) is 0 Å². The zero-order chi connectivity index (χ0) is 12.4. The summed E-state index contributed by atoms with van der Waals surface area (Å²) >= 11 is 3.96. The van der Waals surface area contributed by atoms with Crippen LogP contribution in [0.3, 0.4) is 0 Å². The molecular formula is C10H19NO4S. The molecule has 0 aliphatic carbocycles. The van der Waals surface area contributed by atoms with E-state index in [0.717, 1.165) is 6.42 Å². The van der Waals surface area contributed by atoms with Crippen LogP contribution in [-0.4, -0.2) is 43.5 Å². The van der Waals surface area contributed by atoms with Gasteiger partial charge in [0, 0.05) is 19.3 Å². The number of hydrogen-bond acceptors (Lipinski definition) is 5. The Hall–Kier alpha value is -0.750. The van der Waals surface area contributed by atoms with Crippen LogP contribution in [0, 0.1) is 0 Å². The predicted molar refractivity (Wildman–Crippen MR) is 63.5 cm³/mol. The summed E-state index contributed by atoms with van der Waals surface area (Å²) in [5.74, 6) is -0.544. The van der Waals surface area contributed by atoms with E-state index in [1.165, 1.54) is 6.92 Å². The highest BCUT2D eigenvalue weighted by Crippen LogP contribution is 1.93. The van der Waals surface area contributed by atoms with Gasteiger partial charge in [0.1, 0.15) is 12.6 Å². The minimum atomic E-state index is -0.688. The second kappa shape index (κ2) is 9.47. The summed E-state index contributed by atoms with van der Waals surface area (Å²) in [7, 11) is 0. The molecule has 0 aliphatic rings. The SMILES string of the molecule is CCCOCCOC(=O)[C@H](CS)NC(C)=O. The van der Waals surface area contributed by atoms with Crippen molar-refractivity contribution in [2.24, 2.45) is 0 Å². The molecule has 0 aliphatic heterocycles. The van der Waals surface area contributed by atoms with E-state index in [1.807, 2.05) is 6.92 Å². The van der Waals surface area contributed by atoms with Gasteiger partial charge in [0.2, 0.25) is 5.91 Å². The van der Waals surface area contributed by atoms with Crippen molar-refractivity contribution in [1.29, 1.82) is 0 Å². The van der Waals surface area contributed by atoms with E-state index in [0.29, 0.717) is 13.2 Å². The predicted octanol–water partition coefficient (Wildman–Crippen LogP) is 0.391. The van der Waals surface area contributed by atoms with E-state index >= 15 is 0 Å². The van der Waals surface area contributed by atoms with Gasteiger partial charge in [0.05, 0.1) is 6.61 Å². The maximum absolute atomic E-state index is 11.4. The topological polar surface area (TPSA) is 64.6 Å². The second-order valence-electron chi connectivity index (χ2n) is 3.22. The lowest BCUT2D eigenvalue weighted by atomic mass is 10.3. The number of ether oxygens (including phenoxy) is 2. The van der Waals surface area contributed by atoms with E-state index in [4.69, 9.17) is 9.47 Å². The quantitative estimate of drug-likeness (QED) is 0.371. The van der Waals surface area contributed by atoms with Gasteiger partial charge in [-0.05, 0) is 6.42 Å². The summed E-state index contributed by atoms with van der Waals surface area (Å²) in [6, 6.07) is -0.688. The molecule has 0 radical (unpaired) electrons. The van der Waals surface area contributed by atoms with E-state index in [-0.39, 0.29) is 18.3 Å². The van der Waals surface area contributed by atoms with Gasteiger partial charge < -0.3 is 14.8 Å². The fourth-order valence-corrected chi connectivity index (χ4v) is 1.21. The van der Waals surface area contributed by atoms with Crippen molar-refractivity contribution < 1.29 is 19.1 Å². The summed E-state index contributed by atoms with van der Waals surface area (Å²) in [6.45, 7) is 4.56. The molecule has 0 aromatic heterocycles. The molecule has 0 saturated heterocycles. The lowest BCUT2D eigenvalue weighted by molar-refractivity contribution is -0.148. The molecule has 94 valence electrons. The van der Waals surface area contributed by atoms with Crippen molar-refractivity contribution in [3.8, 4) is 0 Å². The summed E-state index contributed by atoms with van der Waals surface area (Å²) in [5, 5.41) is 2.45. The normalized spacial score (nSPS) is 11.9. The molecule has 0 spiro atoms. The van der Waals surface area contributed by atoms with Crippen LogP contribution in [0.2, 0.25) is 0 Å². The summed E-state index contributed by atoms with van der Waals surface area (Å²) in [4.78, 5) is 22.2. The van der Waals surface area contributed by atoms with Crippen LogP contribution in [-0.2, 0) is 19.1 Å². The minimum absolute atomic E-state index is 0.197. The van der Waals surface area contributed by atoms with Crippen LogP contribution in [0.5, 0.6) is 0 Å². The largest absolute Gasteiger partial charge is 0.462 e. The average molecular weight is 249 g/mol. The molecule has 1 atom stereocenters. The van der Waals surface area contributed by atoms with Crippen molar-refractivity contribution in [2.75, 3.05) is 25.6 Å². The number of carbonyl (C=O) groups is 2. The van der Waals surface area contributed by atoms with Gasteiger partial charge in [-0.2, -0.15) is 12.6 Å². The summed E-state index contributed by atoms with van der Waals surface area (Å²) in [5.41, 5.74) is 0. The third kappa shape index (κ3) is 7.53. The van der Waals surface area contributed by atoms with Crippen LogP contribution in [0.15, 0.2) is 0 Å². The van der Waals surface area contributed by atoms with Crippen LogP contribution < -0.4 is 5.32 Å². The Morgan fingerprint density at radius 3 is 2.50 bits per heavy atom. The van der Waals surface area contributed by atoms with Crippen molar-refractivity contribution in [3.05, 3.63) is 0 Å². The number of esters is 1. The Labute approximate surface area is 101 Å². The van der Waals surface area contributed by atoms with Gasteiger partial charge in [-0.1, -0.05) is 6.92 Å². The fraction of sp³-hybridized carbons (Fsp3) is 0.800. The maximum atomic E-state index is 11.4. The van der Waals surface area contributed by atoms with Gasteiger partial charge in [0.25, 0.3) is 0 Å². The maximum Gasteiger partial charge on any atom is 0.329 e. The average Bonchev–Trinajstić information content (AvgIpc) is 2.25. The number of carbonyl (C=O) groups excluding carboxylic acids is 2. The Kier molecular flexibility index (Phi) is 9.03. The summed E-state index contributed by atoms with van der Waals surface area (Å²) < 4.78 is 10.1. The molecule has 6 heteroatoms. The Balaban J connectivity index is 3.71. The lowest BCUT2D eigenvalue weighted by Crippen LogP contribution is -2.42. The third-order valence-electron chi connectivity index (χ3n) is 1.67. The molecule has 5 nitrogen and oxygen atoms in total. The molecule has 0 unspecified atom stereocenters. The molecule has 1 amide bonds. The first-order valence-corrected chi connectivity index (χ1v) is 5.87. The molecule has 0 aromatic carbocycles. The first-order valence-electron chi connectivity index (χ1n) is 5.24. The van der Waals surface area contributed by atoms with Crippen LogP contribution in [0.4, 0.5) is 0 Å². The highest BCUT2D eigenvalue weighted by Gasteiger charge is 2.18. The number of hydrogen-bond donors (Lipinski definition) is 2. The molecule has 1 N–H and O–H groups in total. The van der Waals surface area contributed by atoms with E-state index < -0.39 is 12.0 Å². The van der Waals surface area contributed by atoms with Gasteiger partial charge in [0.15, 0.2) is 0 Å². The molecule has 0 heterocycles. The zero-order valence-electron chi connectivity index (χ0n) is 9.69. The van der Waals surface area contributed by atoms with Crippen LogP contribution >= 0.6 is 12.6 Å². The smallest absolute Gasteiger partial charge is 0.329 e. The molecule has 0 saturated carbocycles. The number of amides is 1. The molecule has 0 aromatic rings. The van der Waals surface area contributed by atoms with E-state index in [9.17, 15) is 9.59 Å². The first-order chi connectivity index (χ1) is 7.61. The standard InChI is InChI=1S/C10H19NO4S/c1-3-4-14-5-6-15-10(13)9(7-16)11-8(2)12/h9,16H,3-7H2,1-2H3,(H,11,12)/t9-/m0/s1. The number of rotatable bonds is 8. The molecule has 16 heavy (non-hydrogen) atoms. The van der Waals surface area contributed by atoms with Crippen LogP contribution in [0.1, 0.15) is 20.3 Å². The third-order valence-corrected chi connectivity index (χ3v) is 2.03. The summed E-state index contributed by atoms with van der Waals surface area (Å²) in [6.07, 6.45) is 0.930. The number of nitrogens with one attached hydrogen (secondary N) is 1. The van der Waals surface area contributed by atoms with Crippen molar-refractivity contribution in [3.63, 3.8) is 0 Å². The van der Waals surface area contributed by atoms with E-state index in [2.05, 4.69) is 17.9 Å². The Morgan fingerprint density at radius 1 is 1.31 bits per heavy atom. The van der Waals surface area contributed by atoms with E-state index in [1.54, 1.807) is 0 Å². The minimum Gasteiger partial charge on any atom is -0.462 e. The van der Waals surface area contributed by atoms with Gasteiger partial charge in [-0.25, -0.2) is 4.79 Å². The monoisotopic (exact) mass is 249 g/mol. The van der Waals surface area contributed by atoms with Gasteiger partial charge >= 0.3 is 5.97 Å².